The highest BCUT2D eigenvalue weighted by Crippen LogP contribution is 2.35. The van der Waals surface area contributed by atoms with E-state index in [0.717, 1.165) is 11.6 Å². The zero-order valence-corrected chi connectivity index (χ0v) is 14.6. The first-order chi connectivity index (χ1) is 11.0. The second-order valence-electron chi connectivity index (χ2n) is 5.77. The molecule has 1 aliphatic heterocycles. The minimum atomic E-state index is -3.85. The minimum Gasteiger partial charge on any atom is -0.330 e. The average molecular weight is 371 g/mol. The lowest BCUT2D eigenvalue weighted by Gasteiger charge is -2.17. The summed E-state index contributed by atoms with van der Waals surface area (Å²) in [5.74, 6) is -0.665. The van der Waals surface area contributed by atoms with Crippen LogP contribution in [0.25, 0.3) is 0 Å². The molecule has 0 unspecified atom stereocenters. The van der Waals surface area contributed by atoms with E-state index in [2.05, 4.69) is 0 Å². The smallest absolute Gasteiger partial charge is 0.246 e. The Morgan fingerprint density at radius 1 is 1.04 bits per heavy atom. The molecule has 0 aliphatic carbocycles. The van der Waals surface area contributed by atoms with Crippen molar-refractivity contribution >= 4 is 22.4 Å². The number of sulfonamides is 1. The van der Waals surface area contributed by atoms with Crippen LogP contribution in [-0.4, -0.2) is 32.4 Å². The summed E-state index contributed by atoms with van der Waals surface area (Å²) in [4.78, 5) is -0.274. The monoisotopic (exact) mass is 370 g/mol. The molecule has 0 spiro atoms. The van der Waals surface area contributed by atoms with Crippen molar-refractivity contribution in [2.24, 2.45) is 11.7 Å². The van der Waals surface area contributed by atoms with E-state index in [1.165, 1.54) is 22.5 Å². The molecule has 1 heterocycles. The van der Waals surface area contributed by atoms with Crippen molar-refractivity contribution in [1.82, 2.24) is 4.31 Å². The van der Waals surface area contributed by atoms with Crippen LogP contribution in [0, 0.1) is 11.7 Å². The van der Waals surface area contributed by atoms with Crippen molar-refractivity contribution < 1.29 is 12.8 Å². The highest BCUT2D eigenvalue weighted by Gasteiger charge is 2.40. The van der Waals surface area contributed by atoms with E-state index >= 15 is 0 Å². The second-order valence-corrected chi connectivity index (χ2v) is 7.67. The lowest BCUT2D eigenvalue weighted by atomic mass is 9.89. The number of nitrogens with zero attached hydrogens (tertiary/aromatic N) is 1. The van der Waals surface area contributed by atoms with Crippen LogP contribution in [0.5, 0.6) is 0 Å². The van der Waals surface area contributed by atoms with Crippen LogP contribution in [0.15, 0.2) is 59.5 Å². The van der Waals surface area contributed by atoms with E-state index in [9.17, 15) is 12.8 Å². The summed E-state index contributed by atoms with van der Waals surface area (Å²) >= 11 is 0. The van der Waals surface area contributed by atoms with E-state index in [4.69, 9.17) is 5.73 Å². The molecule has 2 aromatic rings. The van der Waals surface area contributed by atoms with Gasteiger partial charge in [-0.1, -0.05) is 42.5 Å². The van der Waals surface area contributed by atoms with Crippen molar-refractivity contribution in [2.75, 3.05) is 19.6 Å². The zero-order valence-electron chi connectivity index (χ0n) is 13.0. The third-order valence-corrected chi connectivity index (χ3v) is 6.26. The van der Waals surface area contributed by atoms with Crippen molar-refractivity contribution in [3.63, 3.8) is 0 Å². The Morgan fingerprint density at radius 3 is 2.29 bits per heavy atom. The maximum Gasteiger partial charge on any atom is 0.246 e. The van der Waals surface area contributed by atoms with Crippen LogP contribution in [0.2, 0.25) is 0 Å². The van der Waals surface area contributed by atoms with Crippen molar-refractivity contribution in [3.8, 4) is 0 Å². The fraction of sp³-hybridized carbons (Fsp3) is 0.294. The van der Waals surface area contributed by atoms with Crippen molar-refractivity contribution in [3.05, 3.63) is 66.0 Å². The standard InChI is InChI=1S/C17H19FN2O2S.ClH/c18-16-8-4-5-9-17(16)23(21,22)20-11-14(10-19)15(12-20)13-6-2-1-3-7-13;/h1-9,14-15H,10-12,19H2;1H/t14-,15+;/m1./s1. The molecule has 1 saturated heterocycles. The van der Waals surface area contributed by atoms with Gasteiger partial charge in [0.05, 0.1) is 0 Å². The Labute approximate surface area is 147 Å². The highest BCUT2D eigenvalue weighted by atomic mass is 35.5. The minimum absolute atomic E-state index is 0. The van der Waals surface area contributed by atoms with Gasteiger partial charge in [-0.25, -0.2) is 12.8 Å². The molecule has 0 radical (unpaired) electrons. The van der Waals surface area contributed by atoms with Gasteiger partial charge in [0, 0.05) is 19.0 Å². The second kappa shape index (κ2) is 7.61. The maximum absolute atomic E-state index is 13.9. The van der Waals surface area contributed by atoms with E-state index in [0.29, 0.717) is 19.6 Å². The molecule has 1 fully saturated rings. The molecule has 3 rings (SSSR count). The summed E-state index contributed by atoms with van der Waals surface area (Å²) in [6.45, 7) is 1.03. The summed E-state index contributed by atoms with van der Waals surface area (Å²) in [6.07, 6.45) is 0. The van der Waals surface area contributed by atoms with Gasteiger partial charge in [-0.15, -0.1) is 12.4 Å². The number of nitrogens with two attached hydrogens (primary N) is 1. The van der Waals surface area contributed by atoms with Gasteiger partial charge < -0.3 is 5.73 Å². The van der Waals surface area contributed by atoms with Gasteiger partial charge in [-0.05, 0) is 30.2 Å². The number of benzene rings is 2. The lowest BCUT2D eigenvalue weighted by molar-refractivity contribution is 0.453. The predicted molar refractivity (Wildman–Crippen MR) is 94.1 cm³/mol. The molecule has 0 amide bonds. The zero-order chi connectivity index (χ0) is 16.4. The third kappa shape index (κ3) is 3.47. The van der Waals surface area contributed by atoms with Crippen LogP contribution >= 0.6 is 12.4 Å². The Bertz CT molecular complexity index is 786. The van der Waals surface area contributed by atoms with Crippen LogP contribution in [0.3, 0.4) is 0 Å². The van der Waals surface area contributed by atoms with Gasteiger partial charge in [0.25, 0.3) is 0 Å². The topological polar surface area (TPSA) is 63.4 Å². The van der Waals surface area contributed by atoms with E-state index in [1.807, 2.05) is 30.3 Å². The third-order valence-electron chi connectivity index (χ3n) is 4.39. The van der Waals surface area contributed by atoms with Crippen LogP contribution in [-0.2, 0) is 10.0 Å². The molecule has 0 bridgehead atoms. The molecule has 2 atom stereocenters. The average Bonchev–Trinajstić information content (AvgIpc) is 3.01. The first-order valence-corrected chi connectivity index (χ1v) is 8.97. The molecule has 1 aliphatic rings. The summed E-state index contributed by atoms with van der Waals surface area (Å²) in [7, 11) is -3.85. The summed E-state index contributed by atoms with van der Waals surface area (Å²) in [5.41, 5.74) is 6.90. The van der Waals surface area contributed by atoms with Crippen LogP contribution < -0.4 is 5.73 Å². The molecule has 130 valence electrons. The Balaban J connectivity index is 0.00000208. The number of rotatable bonds is 4. The van der Waals surface area contributed by atoms with Crippen LogP contribution in [0.4, 0.5) is 4.39 Å². The fourth-order valence-electron chi connectivity index (χ4n) is 3.14. The fourth-order valence-corrected chi connectivity index (χ4v) is 4.73. The van der Waals surface area contributed by atoms with Gasteiger partial charge in [-0.3, -0.25) is 0 Å². The molecule has 0 aromatic heterocycles. The highest BCUT2D eigenvalue weighted by molar-refractivity contribution is 7.89. The Hall–Kier alpha value is -1.47. The van der Waals surface area contributed by atoms with E-state index in [-0.39, 0.29) is 29.1 Å². The quantitative estimate of drug-likeness (QED) is 0.899. The molecule has 7 heteroatoms. The lowest BCUT2D eigenvalue weighted by Crippen LogP contribution is -2.30. The predicted octanol–water partition coefficient (Wildman–Crippen LogP) is 2.61. The molecular weight excluding hydrogens is 351 g/mol. The van der Waals surface area contributed by atoms with Gasteiger partial charge in [-0.2, -0.15) is 4.31 Å². The summed E-state index contributed by atoms with van der Waals surface area (Å²) in [6, 6.07) is 15.2. The van der Waals surface area contributed by atoms with E-state index < -0.39 is 15.8 Å². The van der Waals surface area contributed by atoms with Crippen LogP contribution in [0.1, 0.15) is 11.5 Å². The van der Waals surface area contributed by atoms with E-state index in [1.54, 1.807) is 0 Å². The largest absolute Gasteiger partial charge is 0.330 e. The van der Waals surface area contributed by atoms with Gasteiger partial charge in [0.15, 0.2) is 0 Å². The Kier molecular flexibility index (Phi) is 5.98. The Morgan fingerprint density at radius 2 is 1.67 bits per heavy atom. The number of hydrogen-bond acceptors (Lipinski definition) is 3. The van der Waals surface area contributed by atoms with Crippen molar-refractivity contribution in [1.29, 1.82) is 0 Å². The molecule has 4 nitrogen and oxygen atoms in total. The first kappa shape index (κ1) is 18.9. The first-order valence-electron chi connectivity index (χ1n) is 7.53. The number of halogens is 2. The van der Waals surface area contributed by atoms with Crippen molar-refractivity contribution in [2.45, 2.75) is 10.8 Å². The molecule has 2 N–H and O–H groups in total. The molecule has 2 aromatic carbocycles. The van der Waals surface area contributed by atoms with Gasteiger partial charge >= 0.3 is 0 Å². The normalized spacial score (nSPS) is 21.4. The SMILES string of the molecule is Cl.NC[C@@H]1CN(S(=O)(=O)c2ccccc2F)C[C@H]1c1ccccc1. The number of hydrogen-bond donors (Lipinski definition) is 1. The maximum atomic E-state index is 13.9. The van der Waals surface area contributed by atoms with Gasteiger partial charge in [0.2, 0.25) is 10.0 Å². The summed E-state index contributed by atoms with van der Waals surface area (Å²) in [5, 5.41) is 0. The molecular formula is C17H20ClFN2O2S. The summed E-state index contributed by atoms with van der Waals surface area (Å²) < 4.78 is 40.7. The molecule has 0 saturated carbocycles. The van der Waals surface area contributed by atoms with Gasteiger partial charge in [0.1, 0.15) is 10.7 Å². The molecule has 24 heavy (non-hydrogen) atoms.